The monoisotopic (exact) mass is 249 g/mol. The summed E-state index contributed by atoms with van der Waals surface area (Å²) in [6.07, 6.45) is 0.437. The second-order valence-electron chi connectivity index (χ2n) is 4.86. The molecule has 0 fully saturated rings. The largest absolute Gasteiger partial charge is 0.344 e. The first kappa shape index (κ1) is 15.7. The first-order chi connectivity index (χ1) is 7.17. The Labute approximate surface area is 98.6 Å². The third kappa shape index (κ3) is 4.26. The minimum absolute atomic E-state index is 0.103. The third-order valence-electron chi connectivity index (χ3n) is 2.40. The van der Waals surface area contributed by atoms with Gasteiger partial charge in [0.1, 0.15) is 5.78 Å². The topological polar surface area (TPSA) is 55.4 Å². The van der Waals surface area contributed by atoms with Crippen molar-refractivity contribution in [1.82, 2.24) is 5.32 Å². The fourth-order valence-corrected chi connectivity index (χ4v) is 2.90. The standard InChI is InChI=1S/C11H24NO3P/c1-7-15-16(14,8-2)9(3)12-10(13)11(4,5)6/h9H,7-8H2,1-6H3,(H,12,13)/t9-,16+/m1/s1. The van der Waals surface area contributed by atoms with Crippen LogP contribution in [-0.4, -0.2) is 24.5 Å². The van der Waals surface area contributed by atoms with Crippen LogP contribution in [0, 0.1) is 5.41 Å². The van der Waals surface area contributed by atoms with Crippen LogP contribution in [0.3, 0.4) is 0 Å². The van der Waals surface area contributed by atoms with Crippen molar-refractivity contribution >= 4 is 13.3 Å². The number of hydrogen-bond donors (Lipinski definition) is 1. The Hall–Kier alpha value is -0.340. The zero-order valence-electron chi connectivity index (χ0n) is 11.2. The van der Waals surface area contributed by atoms with Crippen LogP contribution >= 0.6 is 7.37 Å². The van der Waals surface area contributed by atoms with Crippen LogP contribution in [0.5, 0.6) is 0 Å². The molecule has 0 saturated heterocycles. The zero-order valence-corrected chi connectivity index (χ0v) is 12.1. The van der Waals surface area contributed by atoms with Crippen molar-refractivity contribution < 1.29 is 13.9 Å². The molecule has 96 valence electrons. The smallest absolute Gasteiger partial charge is 0.226 e. The van der Waals surface area contributed by atoms with Crippen molar-refractivity contribution in [3.8, 4) is 0 Å². The van der Waals surface area contributed by atoms with Gasteiger partial charge >= 0.3 is 0 Å². The maximum atomic E-state index is 12.3. The SMILES string of the molecule is CCO[P@@](=O)(CC)[C@H](C)NC(=O)C(C)(C)C. The molecule has 0 radical (unpaired) electrons. The second-order valence-corrected chi connectivity index (χ2v) is 7.98. The molecular formula is C11H24NO3P. The van der Waals surface area contributed by atoms with Crippen LogP contribution in [0.15, 0.2) is 0 Å². The average Bonchev–Trinajstić information content (AvgIpc) is 2.16. The highest BCUT2D eigenvalue weighted by atomic mass is 31.2. The molecule has 0 aliphatic rings. The van der Waals surface area contributed by atoms with E-state index in [2.05, 4.69) is 5.32 Å². The van der Waals surface area contributed by atoms with E-state index >= 15 is 0 Å². The van der Waals surface area contributed by atoms with E-state index in [9.17, 15) is 9.36 Å². The quantitative estimate of drug-likeness (QED) is 0.762. The Bertz CT molecular complexity index is 283. The highest BCUT2D eigenvalue weighted by Gasteiger charge is 2.32. The number of amides is 1. The van der Waals surface area contributed by atoms with E-state index in [1.54, 1.807) is 13.8 Å². The lowest BCUT2D eigenvalue weighted by Gasteiger charge is -2.27. The lowest BCUT2D eigenvalue weighted by atomic mass is 9.96. The van der Waals surface area contributed by atoms with Crippen molar-refractivity contribution in [3.05, 3.63) is 0 Å². The first-order valence-corrected chi connectivity index (χ1v) is 7.59. The molecule has 4 nitrogen and oxygen atoms in total. The normalized spacial score (nSPS) is 17.6. The van der Waals surface area contributed by atoms with Crippen LogP contribution in [-0.2, 0) is 13.9 Å². The Kier molecular flexibility index (Phi) is 5.71. The van der Waals surface area contributed by atoms with Gasteiger partial charge in [-0.15, -0.1) is 0 Å². The van der Waals surface area contributed by atoms with E-state index in [1.165, 1.54) is 0 Å². The van der Waals surface area contributed by atoms with Gasteiger partial charge in [0.05, 0.1) is 6.61 Å². The number of carbonyl (C=O) groups excluding carboxylic acids is 1. The van der Waals surface area contributed by atoms with Gasteiger partial charge in [-0.2, -0.15) is 0 Å². The van der Waals surface area contributed by atoms with Crippen molar-refractivity contribution in [3.63, 3.8) is 0 Å². The van der Waals surface area contributed by atoms with Gasteiger partial charge < -0.3 is 9.84 Å². The van der Waals surface area contributed by atoms with E-state index < -0.39 is 18.6 Å². The summed E-state index contributed by atoms with van der Waals surface area (Å²) in [7, 11) is -2.75. The summed E-state index contributed by atoms with van der Waals surface area (Å²) in [5.41, 5.74) is -0.473. The summed E-state index contributed by atoms with van der Waals surface area (Å²) >= 11 is 0. The summed E-state index contributed by atoms with van der Waals surface area (Å²) < 4.78 is 17.6. The third-order valence-corrected chi connectivity index (χ3v) is 5.29. The lowest BCUT2D eigenvalue weighted by Crippen LogP contribution is -2.40. The Morgan fingerprint density at radius 2 is 1.88 bits per heavy atom. The molecule has 0 saturated carbocycles. The fourth-order valence-electron chi connectivity index (χ4n) is 1.20. The van der Waals surface area contributed by atoms with Gasteiger partial charge in [0, 0.05) is 11.6 Å². The zero-order chi connectivity index (χ0) is 13.0. The summed E-state index contributed by atoms with van der Waals surface area (Å²) in [5.74, 6) is -0.530. The van der Waals surface area contributed by atoms with E-state index in [-0.39, 0.29) is 5.91 Å². The summed E-state index contributed by atoms with van der Waals surface area (Å²) in [4.78, 5) is 11.8. The number of carbonyl (C=O) groups is 1. The molecule has 0 spiro atoms. The van der Waals surface area contributed by atoms with Gasteiger partial charge in [0.2, 0.25) is 13.3 Å². The van der Waals surface area contributed by atoms with Gasteiger partial charge in [-0.05, 0) is 13.8 Å². The predicted molar refractivity (Wildman–Crippen MR) is 66.8 cm³/mol. The Morgan fingerprint density at radius 1 is 1.38 bits per heavy atom. The molecule has 0 aromatic carbocycles. The summed E-state index contributed by atoms with van der Waals surface area (Å²) in [5, 5.41) is 2.77. The molecule has 0 aliphatic carbocycles. The van der Waals surface area contributed by atoms with E-state index in [4.69, 9.17) is 4.52 Å². The Morgan fingerprint density at radius 3 is 2.19 bits per heavy atom. The van der Waals surface area contributed by atoms with Gasteiger partial charge in [0.15, 0.2) is 0 Å². The van der Waals surface area contributed by atoms with Crippen LogP contribution in [0.25, 0.3) is 0 Å². The van der Waals surface area contributed by atoms with Crippen LogP contribution < -0.4 is 5.32 Å². The van der Waals surface area contributed by atoms with Crippen molar-refractivity contribution in [2.24, 2.45) is 5.41 Å². The second kappa shape index (κ2) is 5.83. The molecular weight excluding hydrogens is 225 g/mol. The molecule has 5 heteroatoms. The number of rotatable bonds is 5. The van der Waals surface area contributed by atoms with Crippen LogP contribution in [0.2, 0.25) is 0 Å². The molecule has 16 heavy (non-hydrogen) atoms. The maximum absolute atomic E-state index is 12.3. The van der Waals surface area contributed by atoms with Crippen molar-refractivity contribution in [1.29, 1.82) is 0 Å². The minimum Gasteiger partial charge on any atom is -0.344 e. The summed E-state index contributed by atoms with van der Waals surface area (Å²) in [6, 6.07) is 0. The minimum atomic E-state index is -2.75. The van der Waals surface area contributed by atoms with Crippen LogP contribution in [0.4, 0.5) is 0 Å². The van der Waals surface area contributed by atoms with Gasteiger partial charge in [-0.3, -0.25) is 9.36 Å². The molecule has 0 aromatic rings. The first-order valence-electron chi connectivity index (χ1n) is 5.71. The van der Waals surface area contributed by atoms with Gasteiger partial charge in [-0.25, -0.2) is 0 Å². The molecule has 0 aromatic heterocycles. The Balaban J connectivity index is 4.62. The molecule has 1 N–H and O–H groups in total. The van der Waals surface area contributed by atoms with E-state index in [1.807, 2.05) is 27.7 Å². The highest BCUT2D eigenvalue weighted by molar-refractivity contribution is 7.59. The van der Waals surface area contributed by atoms with Gasteiger partial charge in [0.25, 0.3) is 0 Å². The maximum Gasteiger partial charge on any atom is 0.226 e. The molecule has 1 amide bonds. The lowest BCUT2D eigenvalue weighted by molar-refractivity contribution is -0.128. The van der Waals surface area contributed by atoms with Gasteiger partial charge in [-0.1, -0.05) is 27.7 Å². The number of nitrogens with one attached hydrogen (secondary N) is 1. The molecule has 0 rings (SSSR count). The average molecular weight is 249 g/mol. The van der Waals surface area contributed by atoms with Crippen molar-refractivity contribution in [2.75, 3.05) is 12.8 Å². The van der Waals surface area contributed by atoms with Crippen LogP contribution in [0.1, 0.15) is 41.5 Å². The van der Waals surface area contributed by atoms with E-state index in [0.29, 0.717) is 12.8 Å². The van der Waals surface area contributed by atoms with E-state index in [0.717, 1.165) is 0 Å². The molecule has 0 aliphatic heterocycles. The molecule has 0 heterocycles. The molecule has 0 unspecified atom stereocenters. The predicted octanol–water partition coefficient (Wildman–Crippen LogP) is 2.83. The number of hydrogen-bond acceptors (Lipinski definition) is 3. The highest BCUT2D eigenvalue weighted by Crippen LogP contribution is 2.50. The van der Waals surface area contributed by atoms with Crippen molar-refractivity contribution in [2.45, 2.75) is 47.3 Å². The fraction of sp³-hybridized carbons (Fsp3) is 0.909. The summed E-state index contributed by atoms with van der Waals surface area (Å²) in [6.45, 7) is 11.2. The molecule has 0 bridgehead atoms. The molecule has 2 atom stereocenters.